The Morgan fingerprint density at radius 1 is 1.28 bits per heavy atom. The molecule has 0 aliphatic carbocycles. The zero-order valence-electron chi connectivity index (χ0n) is 15.0. The minimum Gasteiger partial charge on any atom is -0.454 e. The molecule has 0 radical (unpaired) electrons. The number of guanidine groups is 1. The SMILES string of the molecule is CCNC(=NCC1CCSCC1)N(C)Cc1ccc2c(c1)OCO2.I. The Kier molecular flexibility index (Phi) is 8.48. The largest absolute Gasteiger partial charge is 0.454 e. The Labute approximate surface area is 171 Å². The van der Waals surface area contributed by atoms with Gasteiger partial charge in [0.05, 0.1) is 0 Å². The zero-order valence-corrected chi connectivity index (χ0v) is 18.1. The van der Waals surface area contributed by atoms with Gasteiger partial charge in [0.15, 0.2) is 17.5 Å². The number of hydrogen-bond acceptors (Lipinski definition) is 4. The van der Waals surface area contributed by atoms with Crippen LogP contribution in [0.25, 0.3) is 0 Å². The van der Waals surface area contributed by atoms with Crippen LogP contribution in [0.4, 0.5) is 0 Å². The highest BCUT2D eigenvalue weighted by Gasteiger charge is 2.16. The molecule has 0 bridgehead atoms. The van der Waals surface area contributed by atoms with Gasteiger partial charge in [-0.25, -0.2) is 0 Å². The molecule has 1 fully saturated rings. The number of nitrogens with zero attached hydrogens (tertiary/aromatic N) is 2. The van der Waals surface area contributed by atoms with Crippen LogP contribution in [0.1, 0.15) is 25.3 Å². The average Bonchev–Trinajstić information content (AvgIpc) is 3.07. The lowest BCUT2D eigenvalue weighted by molar-refractivity contribution is 0.174. The lowest BCUT2D eigenvalue weighted by Gasteiger charge is -2.24. The molecule has 1 saturated heterocycles. The minimum absolute atomic E-state index is 0. The summed E-state index contributed by atoms with van der Waals surface area (Å²) in [4.78, 5) is 7.05. The highest BCUT2D eigenvalue weighted by molar-refractivity contribution is 14.0. The Balaban J connectivity index is 0.00000225. The summed E-state index contributed by atoms with van der Waals surface area (Å²) in [6.07, 6.45) is 2.58. The van der Waals surface area contributed by atoms with E-state index >= 15 is 0 Å². The molecule has 1 N–H and O–H groups in total. The van der Waals surface area contributed by atoms with Gasteiger partial charge in [-0.3, -0.25) is 4.99 Å². The van der Waals surface area contributed by atoms with Crippen LogP contribution in [0.15, 0.2) is 23.2 Å². The first kappa shape index (κ1) is 20.5. The fourth-order valence-corrected chi connectivity index (χ4v) is 4.21. The van der Waals surface area contributed by atoms with Gasteiger partial charge in [-0.05, 0) is 54.9 Å². The first-order valence-corrected chi connectivity index (χ1v) is 9.87. The first-order chi connectivity index (χ1) is 11.8. The molecule has 5 nitrogen and oxygen atoms in total. The molecule has 140 valence electrons. The van der Waals surface area contributed by atoms with E-state index in [0.717, 1.165) is 43.0 Å². The molecular formula is C18H28IN3O2S. The molecular weight excluding hydrogens is 449 g/mol. The number of nitrogens with one attached hydrogen (secondary N) is 1. The quantitative estimate of drug-likeness (QED) is 0.399. The minimum atomic E-state index is 0. The molecule has 25 heavy (non-hydrogen) atoms. The molecule has 2 aliphatic rings. The summed E-state index contributed by atoms with van der Waals surface area (Å²) in [7, 11) is 2.09. The zero-order chi connectivity index (χ0) is 16.8. The Hall–Kier alpha value is -0.830. The van der Waals surface area contributed by atoms with E-state index in [1.165, 1.54) is 29.9 Å². The number of rotatable bonds is 5. The summed E-state index contributed by atoms with van der Waals surface area (Å²) in [5.41, 5.74) is 1.20. The molecule has 2 aliphatic heterocycles. The molecule has 7 heteroatoms. The summed E-state index contributed by atoms with van der Waals surface area (Å²) in [6, 6.07) is 6.13. The molecule has 0 atom stereocenters. The van der Waals surface area contributed by atoms with Crippen molar-refractivity contribution in [1.82, 2.24) is 10.2 Å². The molecule has 0 amide bonds. The van der Waals surface area contributed by atoms with E-state index in [2.05, 4.69) is 48.1 Å². The van der Waals surface area contributed by atoms with Crippen molar-refractivity contribution in [3.8, 4) is 11.5 Å². The number of ether oxygens (including phenoxy) is 2. The van der Waals surface area contributed by atoms with E-state index in [1.54, 1.807) is 0 Å². The van der Waals surface area contributed by atoms with Gasteiger partial charge in [-0.1, -0.05) is 6.07 Å². The van der Waals surface area contributed by atoms with E-state index in [4.69, 9.17) is 14.5 Å². The van der Waals surface area contributed by atoms with Crippen molar-refractivity contribution in [3.05, 3.63) is 23.8 Å². The van der Waals surface area contributed by atoms with Gasteiger partial charge >= 0.3 is 0 Å². The summed E-state index contributed by atoms with van der Waals surface area (Å²) in [5.74, 6) is 5.94. The normalized spacial score (nSPS) is 17.1. The summed E-state index contributed by atoms with van der Waals surface area (Å²) in [5, 5.41) is 3.41. The predicted molar refractivity (Wildman–Crippen MR) is 115 cm³/mol. The maximum Gasteiger partial charge on any atom is 0.231 e. The summed E-state index contributed by atoms with van der Waals surface area (Å²) < 4.78 is 10.8. The number of fused-ring (bicyclic) bond motifs is 1. The van der Waals surface area contributed by atoms with Crippen LogP contribution in [0.5, 0.6) is 11.5 Å². The van der Waals surface area contributed by atoms with Crippen LogP contribution in [0, 0.1) is 5.92 Å². The second-order valence-electron chi connectivity index (χ2n) is 6.29. The predicted octanol–water partition coefficient (Wildman–Crippen LogP) is 3.57. The van der Waals surface area contributed by atoms with Crippen molar-refractivity contribution >= 4 is 41.7 Å². The molecule has 1 aromatic rings. The molecule has 1 aromatic carbocycles. The number of benzene rings is 1. The molecule has 0 saturated carbocycles. The van der Waals surface area contributed by atoms with E-state index in [1.807, 2.05) is 6.07 Å². The summed E-state index contributed by atoms with van der Waals surface area (Å²) in [6.45, 7) is 5.03. The number of hydrogen-bond donors (Lipinski definition) is 1. The van der Waals surface area contributed by atoms with Crippen LogP contribution >= 0.6 is 35.7 Å². The second kappa shape index (κ2) is 10.4. The van der Waals surface area contributed by atoms with Crippen LogP contribution in [-0.4, -0.2) is 49.3 Å². The second-order valence-corrected chi connectivity index (χ2v) is 7.52. The van der Waals surface area contributed by atoms with Gasteiger partial charge in [0.1, 0.15) is 0 Å². The van der Waals surface area contributed by atoms with Gasteiger partial charge in [-0.2, -0.15) is 11.8 Å². The van der Waals surface area contributed by atoms with Gasteiger partial charge in [0, 0.05) is 26.7 Å². The highest BCUT2D eigenvalue weighted by atomic mass is 127. The Bertz CT molecular complexity index is 579. The van der Waals surface area contributed by atoms with Crippen molar-refractivity contribution in [3.63, 3.8) is 0 Å². The third kappa shape index (κ3) is 5.84. The van der Waals surface area contributed by atoms with Crippen molar-refractivity contribution in [2.24, 2.45) is 10.9 Å². The fourth-order valence-electron chi connectivity index (χ4n) is 3.00. The number of halogens is 1. The monoisotopic (exact) mass is 477 g/mol. The van der Waals surface area contributed by atoms with Crippen molar-refractivity contribution in [2.75, 3.05) is 38.4 Å². The third-order valence-corrected chi connectivity index (χ3v) is 5.44. The van der Waals surface area contributed by atoms with Gasteiger partial charge in [0.25, 0.3) is 0 Å². The van der Waals surface area contributed by atoms with Gasteiger partial charge in [-0.15, -0.1) is 24.0 Å². The maximum absolute atomic E-state index is 5.47. The molecule has 2 heterocycles. The van der Waals surface area contributed by atoms with E-state index in [0.29, 0.717) is 6.79 Å². The van der Waals surface area contributed by atoms with E-state index in [-0.39, 0.29) is 24.0 Å². The molecule has 0 aromatic heterocycles. The van der Waals surface area contributed by atoms with E-state index in [9.17, 15) is 0 Å². The fraction of sp³-hybridized carbons (Fsp3) is 0.611. The van der Waals surface area contributed by atoms with Crippen molar-refractivity contribution in [2.45, 2.75) is 26.3 Å². The van der Waals surface area contributed by atoms with Crippen LogP contribution < -0.4 is 14.8 Å². The Morgan fingerprint density at radius 3 is 2.80 bits per heavy atom. The van der Waals surface area contributed by atoms with Crippen LogP contribution in [-0.2, 0) is 6.54 Å². The van der Waals surface area contributed by atoms with Crippen molar-refractivity contribution in [1.29, 1.82) is 0 Å². The lowest BCUT2D eigenvalue weighted by atomic mass is 10.0. The average molecular weight is 477 g/mol. The standard InChI is InChI=1S/C18H27N3O2S.HI/c1-3-19-18(20-11-14-6-8-24-9-7-14)21(2)12-15-4-5-16-17(10-15)23-13-22-16;/h4-5,10,14H,3,6-9,11-13H2,1-2H3,(H,19,20);1H. The third-order valence-electron chi connectivity index (χ3n) is 4.39. The molecule has 0 spiro atoms. The first-order valence-electron chi connectivity index (χ1n) is 8.72. The summed E-state index contributed by atoms with van der Waals surface area (Å²) >= 11 is 2.06. The lowest BCUT2D eigenvalue weighted by Crippen LogP contribution is -2.39. The Morgan fingerprint density at radius 2 is 2.04 bits per heavy atom. The van der Waals surface area contributed by atoms with Crippen LogP contribution in [0.3, 0.4) is 0 Å². The van der Waals surface area contributed by atoms with E-state index < -0.39 is 0 Å². The molecule has 0 unspecified atom stereocenters. The topological polar surface area (TPSA) is 46.1 Å². The number of aliphatic imine (C=N–C) groups is 1. The number of thioether (sulfide) groups is 1. The van der Waals surface area contributed by atoms with Crippen molar-refractivity contribution < 1.29 is 9.47 Å². The highest BCUT2D eigenvalue weighted by Crippen LogP contribution is 2.32. The van der Waals surface area contributed by atoms with Gasteiger partial charge in [0.2, 0.25) is 6.79 Å². The smallest absolute Gasteiger partial charge is 0.231 e. The van der Waals surface area contributed by atoms with Crippen LogP contribution in [0.2, 0.25) is 0 Å². The molecule has 3 rings (SSSR count). The van der Waals surface area contributed by atoms with Gasteiger partial charge < -0.3 is 19.7 Å². The maximum atomic E-state index is 5.47.